The smallest absolute Gasteiger partial charge is 0.0235 e. The van der Waals surface area contributed by atoms with E-state index in [-0.39, 0.29) is 0 Å². The minimum Gasteiger partial charge on any atom is -0.303 e. The number of likely N-dealkylation sites (tertiary alicyclic amines) is 1. The van der Waals surface area contributed by atoms with Crippen molar-refractivity contribution in [3.05, 3.63) is 0 Å². The van der Waals surface area contributed by atoms with Crippen molar-refractivity contribution in [3.63, 3.8) is 0 Å². The molecule has 0 radical (unpaired) electrons. The van der Waals surface area contributed by atoms with Crippen LogP contribution in [-0.4, -0.2) is 30.4 Å². The molecule has 0 atom stereocenters. The van der Waals surface area contributed by atoms with Crippen molar-refractivity contribution in [2.24, 2.45) is 5.92 Å². The van der Waals surface area contributed by atoms with Gasteiger partial charge in [-0.1, -0.05) is 13.3 Å². The maximum atomic E-state index is 5.65. The second kappa shape index (κ2) is 5.82. The van der Waals surface area contributed by atoms with Crippen LogP contribution in [0.2, 0.25) is 0 Å². The molecule has 72 valence electrons. The van der Waals surface area contributed by atoms with E-state index in [0.29, 0.717) is 0 Å². The van der Waals surface area contributed by atoms with E-state index in [1.54, 1.807) is 0 Å². The normalized spacial score (nSPS) is 21.5. The van der Waals surface area contributed by atoms with Gasteiger partial charge in [0.2, 0.25) is 0 Å². The van der Waals surface area contributed by atoms with Gasteiger partial charge in [0.25, 0.3) is 0 Å². The second-order valence-electron chi connectivity index (χ2n) is 3.74. The SMILES string of the molecule is CCC1CCN(CCCCl)CC1. The van der Waals surface area contributed by atoms with Crippen LogP contribution in [0, 0.1) is 5.92 Å². The van der Waals surface area contributed by atoms with E-state index in [1.165, 1.54) is 38.9 Å². The van der Waals surface area contributed by atoms with Gasteiger partial charge in [0.1, 0.15) is 0 Å². The van der Waals surface area contributed by atoms with Crippen molar-refractivity contribution in [1.29, 1.82) is 0 Å². The van der Waals surface area contributed by atoms with Crippen LogP contribution in [0.4, 0.5) is 0 Å². The Hall–Kier alpha value is 0.250. The number of piperidine rings is 1. The first-order valence-corrected chi connectivity index (χ1v) is 5.68. The van der Waals surface area contributed by atoms with Crippen molar-refractivity contribution in [2.45, 2.75) is 32.6 Å². The minimum absolute atomic E-state index is 0.813. The number of rotatable bonds is 4. The summed E-state index contributed by atoms with van der Waals surface area (Å²) in [6, 6.07) is 0. The standard InChI is InChI=1S/C10H20ClN/c1-2-10-4-8-12(9-5-10)7-3-6-11/h10H,2-9H2,1H3. The Bertz CT molecular complexity index is 108. The van der Waals surface area contributed by atoms with Gasteiger partial charge >= 0.3 is 0 Å². The summed E-state index contributed by atoms with van der Waals surface area (Å²) in [6.07, 6.45) is 5.32. The van der Waals surface area contributed by atoms with E-state index < -0.39 is 0 Å². The first kappa shape index (κ1) is 10.3. The van der Waals surface area contributed by atoms with E-state index in [0.717, 1.165) is 18.2 Å². The van der Waals surface area contributed by atoms with Crippen LogP contribution in [0.15, 0.2) is 0 Å². The Balaban J connectivity index is 2.09. The highest BCUT2D eigenvalue weighted by Gasteiger charge is 2.16. The van der Waals surface area contributed by atoms with Crippen LogP contribution in [0.5, 0.6) is 0 Å². The van der Waals surface area contributed by atoms with Crippen LogP contribution >= 0.6 is 11.6 Å². The zero-order valence-electron chi connectivity index (χ0n) is 8.06. The van der Waals surface area contributed by atoms with E-state index in [9.17, 15) is 0 Å². The average molecular weight is 190 g/mol. The number of hydrogen-bond donors (Lipinski definition) is 0. The lowest BCUT2D eigenvalue weighted by Gasteiger charge is -2.31. The Morgan fingerprint density at radius 1 is 1.33 bits per heavy atom. The maximum absolute atomic E-state index is 5.65. The fourth-order valence-corrected chi connectivity index (χ4v) is 2.02. The predicted octanol–water partition coefficient (Wildman–Crippen LogP) is 2.74. The van der Waals surface area contributed by atoms with Gasteiger partial charge in [-0.15, -0.1) is 11.6 Å². The third kappa shape index (κ3) is 3.32. The van der Waals surface area contributed by atoms with E-state index in [2.05, 4.69) is 11.8 Å². The molecular weight excluding hydrogens is 170 g/mol. The molecule has 0 aromatic heterocycles. The minimum atomic E-state index is 0.813. The molecule has 1 saturated heterocycles. The van der Waals surface area contributed by atoms with E-state index >= 15 is 0 Å². The van der Waals surface area contributed by atoms with Crippen molar-refractivity contribution in [2.75, 3.05) is 25.5 Å². The zero-order chi connectivity index (χ0) is 8.81. The topological polar surface area (TPSA) is 3.24 Å². The van der Waals surface area contributed by atoms with Crippen LogP contribution in [-0.2, 0) is 0 Å². The van der Waals surface area contributed by atoms with Gasteiger partial charge in [0.15, 0.2) is 0 Å². The number of halogens is 1. The number of hydrogen-bond acceptors (Lipinski definition) is 1. The average Bonchev–Trinajstić information content (AvgIpc) is 2.15. The molecule has 0 aromatic rings. The predicted molar refractivity (Wildman–Crippen MR) is 54.8 cm³/mol. The highest BCUT2D eigenvalue weighted by molar-refractivity contribution is 6.17. The Morgan fingerprint density at radius 2 is 2.00 bits per heavy atom. The molecule has 1 fully saturated rings. The molecule has 1 aliphatic rings. The largest absolute Gasteiger partial charge is 0.303 e. The van der Waals surface area contributed by atoms with Crippen molar-refractivity contribution < 1.29 is 0 Å². The molecule has 0 N–H and O–H groups in total. The molecular formula is C10H20ClN. The van der Waals surface area contributed by atoms with Gasteiger partial charge in [-0.2, -0.15) is 0 Å². The summed E-state index contributed by atoms with van der Waals surface area (Å²) in [5.41, 5.74) is 0. The van der Waals surface area contributed by atoms with Crippen LogP contribution < -0.4 is 0 Å². The first-order chi connectivity index (χ1) is 5.86. The molecule has 0 saturated carbocycles. The van der Waals surface area contributed by atoms with Crippen LogP contribution in [0.25, 0.3) is 0 Å². The lowest BCUT2D eigenvalue weighted by molar-refractivity contribution is 0.182. The van der Waals surface area contributed by atoms with E-state index in [1.807, 2.05) is 0 Å². The molecule has 1 nitrogen and oxygen atoms in total. The summed E-state index contributed by atoms with van der Waals surface area (Å²) in [5, 5.41) is 0. The van der Waals surface area contributed by atoms with Gasteiger partial charge in [0.05, 0.1) is 0 Å². The van der Waals surface area contributed by atoms with E-state index in [4.69, 9.17) is 11.6 Å². The van der Waals surface area contributed by atoms with Gasteiger partial charge in [-0.25, -0.2) is 0 Å². The van der Waals surface area contributed by atoms with Gasteiger partial charge in [0, 0.05) is 5.88 Å². The third-order valence-electron chi connectivity index (χ3n) is 2.89. The summed E-state index contributed by atoms with van der Waals surface area (Å²) in [4.78, 5) is 2.55. The summed E-state index contributed by atoms with van der Waals surface area (Å²) >= 11 is 5.65. The quantitative estimate of drug-likeness (QED) is 0.615. The van der Waals surface area contributed by atoms with Gasteiger partial charge in [-0.05, 0) is 44.8 Å². The molecule has 2 heteroatoms. The molecule has 12 heavy (non-hydrogen) atoms. The molecule has 1 aliphatic heterocycles. The summed E-state index contributed by atoms with van der Waals surface area (Å²) in [5.74, 6) is 1.81. The molecule has 0 unspecified atom stereocenters. The lowest BCUT2D eigenvalue weighted by Crippen LogP contribution is -2.34. The molecule has 1 rings (SSSR count). The molecule has 0 aliphatic carbocycles. The third-order valence-corrected chi connectivity index (χ3v) is 3.16. The Labute approximate surface area is 81.1 Å². The molecule has 1 heterocycles. The van der Waals surface area contributed by atoms with Crippen LogP contribution in [0.3, 0.4) is 0 Å². The first-order valence-electron chi connectivity index (χ1n) is 5.15. The molecule has 0 amide bonds. The Morgan fingerprint density at radius 3 is 2.50 bits per heavy atom. The highest BCUT2D eigenvalue weighted by atomic mass is 35.5. The fourth-order valence-electron chi connectivity index (χ4n) is 1.90. The molecule has 0 spiro atoms. The summed E-state index contributed by atoms with van der Waals surface area (Å²) in [7, 11) is 0. The monoisotopic (exact) mass is 189 g/mol. The molecule has 0 aromatic carbocycles. The van der Waals surface area contributed by atoms with Crippen molar-refractivity contribution >= 4 is 11.6 Å². The summed E-state index contributed by atoms with van der Waals surface area (Å²) < 4.78 is 0. The van der Waals surface area contributed by atoms with Gasteiger partial charge in [-0.3, -0.25) is 0 Å². The fraction of sp³-hybridized carbons (Fsp3) is 1.00. The number of alkyl halides is 1. The zero-order valence-corrected chi connectivity index (χ0v) is 8.82. The Kier molecular flexibility index (Phi) is 5.01. The summed E-state index contributed by atoms with van der Waals surface area (Å²) in [6.45, 7) is 6.11. The lowest BCUT2D eigenvalue weighted by atomic mass is 9.94. The van der Waals surface area contributed by atoms with Crippen LogP contribution in [0.1, 0.15) is 32.6 Å². The molecule has 0 bridgehead atoms. The number of nitrogens with zero attached hydrogens (tertiary/aromatic N) is 1. The second-order valence-corrected chi connectivity index (χ2v) is 4.11. The highest BCUT2D eigenvalue weighted by Crippen LogP contribution is 2.19. The maximum Gasteiger partial charge on any atom is 0.0235 e. The van der Waals surface area contributed by atoms with Crippen molar-refractivity contribution in [1.82, 2.24) is 4.90 Å². The van der Waals surface area contributed by atoms with Crippen molar-refractivity contribution in [3.8, 4) is 0 Å². The van der Waals surface area contributed by atoms with Gasteiger partial charge < -0.3 is 4.90 Å².